The number of methoxy groups -OCH3 is 1. The lowest BCUT2D eigenvalue weighted by molar-refractivity contribution is 0.102. The van der Waals surface area contributed by atoms with Gasteiger partial charge in [0.1, 0.15) is 5.75 Å². The van der Waals surface area contributed by atoms with Gasteiger partial charge in [0.05, 0.1) is 29.9 Å². The summed E-state index contributed by atoms with van der Waals surface area (Å²) >= 11 is 6.44. The average molecular weight is 407 g/mol. The van der Waals surface area contributed by atoms with Gasteiger partial charge in [-0.1, -0.05) is 23.7 Å². The molecule has 1 amide bonds. The molecule has 0 saturated heterocycles. The molecule has 29 heavy (non-hydrogen) atoms. The SMILES string of the molecule is COc1cc(-n2cccc2)c(Cl)cc1C(=O)Nc1cccc(Cn2cccn2)c1. The van der Waals surface area contributed by atoms with Gasteiger partial charge in [0.15, 0.2) is 0 Å². The topological polar surface area (TPSA) is 61.1 Å². The van der Waals surface area contributed by atoms with Crippen LogP contribution in [0, 0.1) is 0 Å². The Morgan fingerprint density at radius 1 is 1.10 bits per heavy atom. The van der Waals surface area contributed by atoms with Gasteiger partial charge < -0.3 is 14.6 Å². The Morgan fingerprint density at radius 3 is 2.66 bits per heavy atom. The molecular formula is C22H19ClN4O2. The van der Waals surface area contributed by atoms with Crippen molar-refractivity contribution in [3.05, 3.63) is 95.5 Å². The van der Waals surface area contributed by atoms with Crippen LogP contribution in [0.2, 0.25) is 5.02 Å². The van der Waals surface area contributed by atoms with Gasteiger partial charge in [-0.05, 0) is 42.0 Å². The number of carbonyl (C=O) groups is 1. The lowest BCUT2D eigenvalue weighted by atomic mass is 10.1. The molecule has 1 N–H and O–H groups in total. The standard InChI is InChI=1S/C22H19ClN4O2/c1-29-21-14-20(26-9-2-3-10-26)19(23)13-18(21)22(28)25-17-7-4-6-16(12-17)15-27-11-5-8-24-27/h2-14H,15H2,1H3,(H,25,28). The summed E-state index contributed by atoms with van der Waals surface area (Å²) in [7, 11) is 1.53. The molecule has 6 nitrogen and oxygen atoms in total. The number of nitrogens with one attached hydrogen (secondary N) is 1. The van der Waals surface area contributed by atoms with E-state index < -0.39 is 0 Å². The molecule has 2 aromatic heterocycles. The highest BCUT2D eigenvalue weighted by Gasteiger charge is 2.17. The molecule has 0 spiro atoms. The molecule has 0 aliphatic rings. The predicted molar refractivity (Wildman–Crippen MR) is 113 cm³/mol. The van der Waals surface area contributed by atoms with Crippen LogP contribution in [0.15, 0.2) is 79.4 Å². The first-order chi connectivity index (χ1) is 14.1. The smallest absolute Gasteiger partial charge is 0.259 e. The van der Waals surface area contributed by atoms with Crippen molar-refractivity contribution in [2.45, 2.75) is 6.54 Å². The van der Waals surface area contributed by atoms with Crippen molar-refractivity contribution >= 4 is 23.2 Å². The summed E-state index contributed by atoms with van der Waals surface area (Å²) < 4.78 is 9.14. The molecule has 4 aromatic rings. The number of rotatable bonds is 6. The van der Waals surface area contributed by atoms with Gasteiger partial charge in [0, 0.05) is 36.5 Å². The molecule has 2 heterocycles. The van der Waals surface area contributed by atoms with E-state index in [-0.39, 0.29) is 5.91 Å². The van der Waals surface area contributed by atoms with Crippen LogP contribution in [-0.2, 0) is 6.54 Å². The van der Waals surface area contributed by atoms with Gasteiger partial charge in [-0.3, -0.25) is 9.48 Å². The van der Waals surface area contributed by atoms with Crippen molar-refractivity contribution in [1.82, 2.24) is 14.3 Å². The minimum atomic E-state index is -0.293. The highest BCUT2D eigenvalue weighted by molar-refractivity contribution is 6.33. The third-order valence-electron chi connectivity index (χ3n) is 4.48. The Kier molecular flexibility index (Phi) is 5.35. The van der Waals surface area contributed by atoms with Crippen LogP contribution in [0.25, 0.3) is 5.69 Å². The zero-order chi connectivity index (χ0) is 20.2. The van der Waals surface area contributed by atoms with Crippen LogP contribution >= 0.6 is 11.6 Å². The number of hydrogen-bond acceptors (Lipinski definition) is 3. The van der Waals surface area contributed by atoms with E-state index in [1.807, 2.05) is 70.3 Å². The first-order valence-electron chi connectivity index (χ1n) is 9.02. The van der Waals surface area contributed by atoms with Crippen molar-refractivity contribution in [3.63, 3.8) is 0 Å². The fourth-order valence-corrected chi connectivity index (χ4v) is 3.37. The average Bonchev–Trinajstić information content (AvgIpc) is 3.42. The summed E-state index contributed by atoms with van der Waals surface area (Å²) in [5, 5.41) is 7.59. The number of benzene rings is 2. The van der Waals surface area contributed by atoms with Crippen molar-refractivity contribution in [2.75, 3.05) is 12.4 Å². The molecule has 0 radical (unpaired) electrons. The molecular weight excluding hydrogens is 388 g/mol. The molecule has 0 aliphatic carbocycles. The van der Waals surface area contributed by atoms with E-state index in [1.165, 1.54) is 7.11 Å². The molecule has 0 aliphatic heterocycles. The zero-order valence-corrected chi connectivity index (χ0v) is 16.5. The van der Waals surface area contributed by atoms with Crippen LogP contribution in [-0.4, -0.2) is 27.4 Å². The fraction of sp³-hybridized carbons (Fsp3) is 0.0909. The summed E-state index contributed by atoms with van der Waals surface area (Å²) in [6, 6.07) is 16.7. The van der Waals surface area contributed by atoms with E-state index in [1.54, 1.807) is 18.3 Å². The number of hydrogen-bond donors (Lipinski definition) is 1. The Labute approximate surface area is 173 Å². The molecule has 0 atom stereocenters. The zero-order valence-electron chi connectivity index (χ0n) is 15.7. The Morgan fingerprint density at radius 2 is 1.93 bits per heavy atom. The largest absolute Gasteiger partial charge is 0.496 e. The first-order valence-corrected chi connectivity index (χ1v) is 9.40. The van der Waals surface area contributed by atoms with Gasteiger partial charge in [0.25, 0.3) is 5.91 Å². The summed E-state index contributed by atoms with van der Waals surface area (Å²) in [6.07, 6.45) is 7.39. The second kappa shape index (κ2) is 8.24. The highest BCUT2D eigenvalue weighted by atomic mass is 35.5. The Hall–Kier alpha value is -3.51. The number of amides is 1. The van der Waals surface area contributed by atoms with Gasteiger partial charge in [0.2, 0.25) is 0 Å². The maximum atomic E-state index is 12.9. The van der Waals surface area contributed by atoms with E-state index >= 15 is 0 Å². The van der Waals surface area contributed by atoms with E-state index in [9.17, 15) is 4.79 Å². The van der Waals surface area contributed by atoms with Crippen LogP contribution in [0.5, 0.6) is 5.75 Å². The van der Waals surface area contributed by atoms with E-state index in [4.69, 9.17) is 16.3 Å². The third kappa shape index (κ3) is 4.17. The van der Waals surface area contributed by atoms with Gasteiger partial charge in [-0.15, -0.1) is 0 Å². The molecule has 0 saturated carbocycles. The monoisotopic (exact) mass is 406 g/mol. The van der Waals surface area contributed by atoms with Crippen molar-refractivity contribution < 1.29 is 9.53 Å². The Bertz CT molecular complexity index is 1120. The molecule has 0 unspecified atom stereocenters. The highest BCUT2D eigenvalue weighted by Crippen LogP contribution is 2.30. The maximum Gasteiger partial charge on any atom is 0.259 e. The summed E-state index contributed by atoms with van der Waals surface area (Å²) in [5.41, 5.74) is 2.82. The minimum absolute atomic E-state index is 0.293. The molecule has 0 fully saturated rings. The lowest BCUT2D eigenvalue weighted by Gasteiger charge is -2.14. The van der Waals surface area contributed by atoms with Crippen molar-refractivity contribution in [1.29, 1.82) is 0 Å². The van der Waals surface area contributed by atoms with E-state index in [0.29, 0.717) is 28.6 Å². The van der Waals surface area contributed by atoms with Crippen molar-refractivity contribution in [3.8, 4) is 11.4 Å². The number of anilines is 1. The molecule has 2 aromatic carbocycles. The minimum Gasteiger partial charge on any atom is -0.496 e. The van der Waals surface area contributed by atoms with E-state index in [0.717, 1.165) is 11.3 Å². The van der Waals surface area contributed by atoms with Crippen LogP contribution < -0.4 is 10.1 Å². The predicted octanol–water partition coefficient (Wildman–Crippen LogP) is 4.64. The van der Waals surface area contributed by atoms with Crippen LogP contribution in [0.4, 0.5) is 5.69 Å². The third-order valence-corrected chi connectivity index (χ3v) is 4.79. The second-order valence-corrected chi connectivity index (χ2v) is 6.86. The number of nitrogens with zero attached hydrogens (tertiary/aromatic N) is 3. The quantitative estimate of drug-likeness (QED) is 0.507. The first kappa shape index (κ1) is 18.8. The van der Waals surface area contributed by atoms with Crippen LogP contribution in [0.1, 0.15) is 15.9 Å². The number of carbonyl (C=O) groups excluding carboxylic acids is 1. The van der Waals surface area contributed by atoms with Gasteiger partial charge in [-0.2, -0.15) is 5.10 Å². The summed E-state index contributed by atoms with van der Waals surface area (Å²) in [4.78, 5) is 12.9. The van der Waals surface area contributed by atoms with Gasteiger partial charge >= 0.3 is 0 Å². The lowest BCUT2D eigenvalue weighted by Crippen LogP contribution is -2.14. The maximum absolute atomic E-state index is 12.9. The molecule has 4 rings (SSSR count). The molecule has 146 valence electrons. The number of aromatic nitrogens is 3. The van der Waals surface area contributed by atoms with E-state index in [2.05, 4.69) is 10.4 Å². The Balaban J connectivity index is 1.58. The fourth-order valence-electron chi connectivity index (χ4n) is 3.11. The molecule has 0 bridgehead atoms. The summed E-state index contributed by atoms with van der Waals surface area (Å²) in [5.74, 6) is 0.155. The molecule has 7 heteroatoms. The number of halogens is 1. The van der Waals surface area contributed by atoms with Crippen molar-refractivity contribution in [2.24, 2.45) is 0 Å². The summed E-state index contributed by atoms with van der Waals surface area (Å²) in [6.45, 7) is 0.622. The van der Waals surface area contributed by atoms with Gasteiger partial charge in [-0.25, -0.2) is 0 Å². The van der Waals surface area contributed by atoms with Crippen LogP contribution in [0.3, 0.4) is 0 Å². The second-order valence-electron chi connectivity index (χ2n) is 6.45. The normalized spacial score (nSPS) is 10.7. The number of ether oxygens (including phenoxy) is 1.